The van der Waals surface area contributed by atoms with E-state index in [-0.39, 0.29) is 6.04 Å². The van der Waals surface area contributed by atoms with Crippen molar-refractivity contribution in [1.29, 1.82) is 0 Å². The van der Waals surface area contributed by atoms with Crippen LogP contribution in [0.15, 0.2) is 49.1 Å². The van der Waals surface area contributed by atoms with Crippen molar-refractivity contribution in [2.45, 2.75) is 32.7 Å². The Morgan fingerprint density at radius 3 is 2.81 bits per heavy atom. The van der Waals surface area contributed by atoms with E-state index in [4.69, 9.17) is 4.74 Å². The molecule has 0 aliphatic heterocycles. The average Bonchev–Trinajstić information content (AvgIpc) is 2.51. The van der Waals surface area contributed by atoms with Crippen LogP contribution in [0.5, 0.6) is 5.75 Å². The third kappa shape index (κ3) is 3.85. The SMILES string of the molecule is C=CCCCOc1c(C(C)NCC)ccc2ccccc12. The first-order valence-corrected chi connectivity index (χ1v) is 7.76. The zero-order chi connectivity index (χ0) is 15.1. The maximum Gasteiger partial charge on any atom is 0.131 e. The van der Waals surface area contributed by atoms with Gasteiger partial charge in [-0.25, -0.2) is 0 Å². The fourth-order valence-corrected chi connectivity index (χ4v) is 2.58. The molecule has 21 heavy (non-hydrogen) atoms. The maximum absolute atomic E-state index is 6.13. The summed E-state index contributed by atoms with van der Waals surface area (Å²) in [4.78, 5) is 0. The largest absolute Gasteiger partial charge is 0.493 e. The topological polar surface area (TPSA) is 21.3 Å². The molecule has 0 heterocycles. The van der Waals surface area contributed by atoms with Crippen LogP contribution in [-0.2, 0) is 0 Å². The van der Waals surface area contributed by atoms with Crippen molar-refractivity contribution in [1.82, 2.24) is 5.32 Å². The molecule has 1 atom stereocenters. The lowest BCUT2D eigenvalue weighted by molar-refractivity contribution is 0.310. The summed E-state index contributed by atoms with van der Waals surface area (Å²) in [5, 5.41) is 5.89. The molecule has 0 aliphatic rings. The normalized spacial score (nSPS) is 12.3. The Morgan fingerprint density at radius 2 is 2.05 bits per heavy atom. The van der Waals surface area contributed by atoms with Crippen LogP contribution in [0.1, 0.15) is 38.3 Å². The molecule has 0 spiro atoms. The molecule has 0 bridgehead atoms. The zero-order valence-electron chi connectivity index (χ0n) is 13.1. The summed E-state index contributed by atoms with van der Waals surface area (Å²) >= 11 is 0. The summed E-state index contributed by atoms with van der Waals surface area (Å²) < 4.78 is 6.13. The summed E-state index contributed by atoms with van der Waals surface area (Å²) in [5.74, 6) is 1.02. The first-order chi connectivity index (χ1) is 10.3. The fourth-order valence-electron chi connectivity index (χ4n) is 2.58. The van der Waals surface area contributed by atoms with Gasteiger partial charge in [0.15, 0.2) is 0 Å². The van der Waals surface area contributed by atoms with Crippen LogP contribution < -0.4 is 10.1 Å². The molecule has 0 fully saturated rings. The van der Waals surface area contributed by atoms with Gasteiger partial charge in [-0.2, -0.15) is 0 Å². The molecule has 0 aliphatic carbocycles. The third-order valence-electron chi connectivity index (χ3n) is 3.69. The summed E-state index contributed by atoms with van der Waals surface area (Å²) in [6, 6.07) is 13.0. The second-order valence-electron chi connectivity index (χ2n) is 5.26. The van der Waals surface area contributed by atoms with Crippen molar-refractivity contribution >= 4 is 10.8 Å². The molecule has 1 unspecified atom stereocenters. The molecule has 2 heteroatoms. The molecule has 2 aromatic carbocycles. The summed E-state index contributed by atoms with van der Waals surface area (Å²) in [6.07, 6.45) is 3.93. The second kappa shape index (κ2) is 7.84. The zero-order valence-corrected chi connectivity index (χ0v) is 13.1. The van der Waals surface area contributed by atoms with E-state index >= 15 is 0 Å². The highest BCUT2D eigenvalue weighted by molar-refractivity contribution is 5.89. The molecule has 2 nitrogen and oxygen atoms in total. The van der Waals surface area contributed by atoms with Gasteiger partial charge in [0.2, 0.25) is 0 Å². The number of fused-ring (bicyclic) bond motifs is 1. The van der Waals surface area contributed by atoms with Gasteiger partial charge in [0.05, 0.1) is 6.61 Å². The number of allylic oxidation sites excluding steroid dienone is 1. The monoisotopic (exact) mass is 283 g/mol. The highest BCUT2D eigenvalue weighted by atomic mass is 16.5. The van der Waals surface area contributed by atoms with Gasteiger partial charge in [0.25, 0.3) is 0 Å². The van der Waals surface area contributed by atoms with Crippen molar-refractivity contribution in [2.75, 3.05) is 13.2 Å². The Kier molecular flexibility index (Phi) is 5.82. The van der Waals surface area contributed by atoms with Gasteiger partial charge in [-0.1, -0.05) is 49.4 Å². The lowest BCUT2D eigenvalue weighted by atomic mass is 10.0. The smallest absolute Gasteiger partial charge is 0.131 e. The van der Waals surface area contributed by atoms with E-state index in [1.54, 1.807) is 0 Å². The van der Waals surface area contributed by atoms with Crippen LogP contribution in [0.2, 0.25) is 0 Å². The Hall–Kier alpha value is -1.80. The highest BCUT2D eigenvalue weighted by Gasteiger charge is 2.14. The van der Waals surface area contributed by atoms with E-state index in [0.717, 1.165) is 31.7 Å². The molecular weight excluding hydrogens is 258 g/mol. The van der Waals surface area contributed by atoms with Crippen LogP contribution in [0.3, 0.4) is 0 Å². The number of hydrogen-bond acceptors (Lipinski definition) is 2. The van der Waals surface area contributed by atoms with E-state index in [2.05, 4.69) is 62.1 Å². The molecule has 2 rings (SSSR count). The van der Waals surface area contributed by atoms with Crippen LogP contribution in [0, 0.1) is 0 Å². The van der Waals surface area contributed by atoms with Crippen molar-refractivity contribution < 1.29 is 4.74 Å². The first-order valence-electron chi connectivity index (χ1n) is 7.76. The van der Waals surface area contributed by atoms with E-state index in [1.165, 1.54) is 16.3 Å². The predicted octanol–water partition coefficient (Wildman–Crippen LogP) is 4.86. The highest BCUT2D eigenvalue weighted by Crippen LogP contribution is 2.33. The Balaban J connectivity index is 2.34. The molecular formula is C19H25NO. The van der Waals surface area contributed by atoms with Crippen LogP contribution in [0.4, 0.5) is 0 Å². The van der Waals surface area contributed by atoms with Gasteiger partial charge < -0.3 is 10.1 Å². The fraction of sp³-hybridized carbons (Fsp3) is 0.368. The molecule has 0 amide bonds. The van der Waals surface area contributed by atoms with Gasteiger partial charge in [0.1, 0.15) is 5.75 Å². The van der Waals surface area contributed by atoms with Crippen molar-refractivity contribution in [3.8, 4) is 5.75 Å². The van der Waals surface area contributed by atoms with Crippen molar-refractivity contribution in [2.24, 2.45) is 0 Å². The summed E-state index contributed by atoms with van der Waals surface area (Å²) in [5.41, 5.74) is 1.23. The lowest BCUT2D eigenvalue weighted by Crippen LogP contribution is -2.18. The quantitative estimate of drug-likeness (QED) is 0.552. The third-order valence-corrected chi connectivity index (χ3v) is 3.69. The number of benzene rings is 2. The first kappa shape index (κ1) is 15.6. The average molecular weight is 283 g/mol. The predicted molar refractivity (Wildman–Crippen MR) is 91.0 cm³/mol. The lowest BCUT2D eigenvalue weighted by Gasteiger charge is -2.19. The van der Waals surface area contributed by atoms with Crippen LogP contribution >= 0.6 is 0 Å². The minimum Gasteiger partial charge on any atom is -0.493 e. The minimum absolute atomic E-state index is 0.286. The van der Waals surface area contributed by atoms with E-state index in [1.807, 2.05) is 6.08 Å². The molecule has 2 aromatic rings. The van der Waals surface area contributed by atoms with Crippen molar-refractivity contribution in [3.63, 3.8) is 0 Å². The Labute approximate surface area is 127 Å². The Morgan fingerprint density at radius 1 is 1.24 bits per heavy atom. The number of hydrogen-bond donors (Lipinski definition) is 1. The van der Waals surface area contributed by atoms with Crippen LogP contribution in [-0.4, -0.2) is 13.2 Å². The number of nitrogens with one attached hydrogen (secondary N) is 1. The summed E-state index contributed by atoms with van der Waals surface area (Å²) in [7, 11) is 0. The number of ether oxygens (including phenoxy) is 1. The van der Waals surface area contributed by atoms with Crippen molar-refractivity contribution in [3.05, 3.63) is 54.6 Å². The second-order valence-corrected chi connectivity index (χ2v) is 5.26. The van der Waals surface area contributed by atoms with Gasteiger partial charge in [-0.15, -0.1) is 6.58 Å². The Bertz CT molecular complexity index is 591. The summed E-state index contributed by atoms with van der Waals surface area (Å²) in [6.45, 7) is 9.75. The van der Waals surface area contributed by atoms with E-state index in [9.17, 15) is 0 Å². The number of rotatable bonds is 8. The molecule has 0 saturated heterocycles. The molecule has 0 radical (unpaired) electrons. The van der Waals surface area contributed by atoms with E-state index in [0.29, 0.717) is 0 Å². The molecule has 0 saturated carbocycles. The van der Waals surface area contributed by atoms with Gasteiger partial charge in [-0.05, 0) is 31.7 Å². The van der Waals surface area contributed by atoms with Crippen LogP contribution in [0.25, 0.3) is 10.8 Å². The molecule has 112 valence electrons. The molecule has 1 N–H and O–H groups in total. The van der Waals surface area contributed by atoms with Gasteiger partial charge in [0, 0.05) is 17.0 Å². The maximum atomic E-state index is 6.13. The number of unbranched alkanes of at least 4 members (excludes halogenated alkanes) is 1. The standard InChI is InChI=1S/C19H25NO/c1-4-6-9-14-21-19-17(15(3)20-5-2)13-12-16-10-7-8-11-18(16)19/h4,7-8,10-13,15,20H,1,5-6,9,14H2,2-3H3. The van der Waals surface area contributed by atoms with E-state index < -0.39 is 0 Å². The van der Waals surface area contributed by atoms with Gasteiger partial charge in [-0.3, -0.25) is 0 Å². The minimum atomic E-state index is 0.286. The van der Waals surface area contributed by atoms with Gasteiger partial charge >= 0.3 is 0 Å². The molecule has 0 aromatic heterocycles.